The first-order valence-corrected chi connectivity index (χ1v) is 16.3. The van der Waals surface area contributed by atoms with Gasteiger partial charge in [-0.15, -0.1) is 11.3 Å². The average molecular weight is 604 g/mol. The molecule has 10 aromatic rings. The summed E-state index contributed by atoms with van der Waals surface area (Å²) in [4.78, 5) is 10.1. The summed E-state index contributed by atoms with van der Waals surface area (Å²) in [6.07, 6.45) is 0. The van der Waals surface area contributed by atoms with Crippen molar-refractivity contribution in [1.29, 1.82) is 0 Å². The van der Waals surface area contributed by atoms with Crippen molar-refractivity contribution in [3.8, 4) is 28.3 Å². The van der Waals surface area contributed by atoms with E-state index in [9.17, 15) is 0 Å². The highest BCUT2D eigenvalue weighted by molar-refractivity contribution is 7.27. The molecule has 0 aliphatic heterocycles. The van der Waals surface area contributed by atoms with Crippen LogP contribution < -0.4 is 0 Å². The molecule has 10 rings (SSSR count). The maximum Gasteiger partial charge on any atom is 0.160 e. The van der Waals surface area contributed by atoms with Gasteiger partial charge in [-0.05, 0) is 53.2 Å². The summed E-state index contributed by atoms with van der Waals surface area (Å²) in [5.74, 6) is 0.726. The molecule has 46 heavy (non-hydrogen) atoms. The molecule has 3 heterocycles. The lowest BCUT2D eigenvalue weighted by Crippen LogP contribution is -1.97. The fraction of sp³-hybridized carbons (Fsp3) is 0. The molecule has 7 aromatic carbocycles. The molecule has 0 radical (unpaired) electrons. The van der Waals surface area contributed by atoms with E-state index in [1.54, 1.807) is 0 Å². The molecule has 0 aliphatic carbocycles. The Labute approximate surface area is 268 Å². The van der Waals surface area contributed by atoms with Crippen LogP contribution >= 0.6 is 11.3 Å². The molecule has 0 saturated heterocycles. The van der Waals surface area contributed by atoms with Crippen LogP contribution in [-0.4, -0.2) is 14.5 Å². The Morgan fingerprint density at radius 2 is 1.09 bits per heavy atom. The van der Waals surface area contributed by atoms with Crippen LogP contribution in [0.2, 0.25) is 0 Å². The van der Waals surface area contributed by atoms with E-state index in [2.05, 4.69) is 144 Å². The third-order valence-electron chi connectivity index (χ3n) is 9.19. The minimum Gasteiger partial charge on any atom is -0.308 e. The molecule has 0 unspecified atom stereocenters. The number of nitrogens with zero attached hydrogens (tertiary/aromatic N) is 3. The lowest BCUT2D eigenvalue weighted by atomic mass is 9.99. The van der Waals surface area contributed by atoms with Gasteiger partial charge in [0.1, 0.15) is 0 Å². The van der Waals surface area contributed by atoms with E-state index in [4.69, 9.17) is 9.97 Å². The summed E-state index contributed by atoms with van der Waals surface area (Å²) in [6, 6.07) is 53.9. The lowest BCUT2D eigenvalue weighted by molar-refractivity contribution is 1.18. The first-order chi connectivity index (χ1) is 22.8. The average Bonchev–Trinajstić information content (AvgIpc) is 3.69. The number of benzene rings is 7. The highest BCUT2D eigenvalue weighted by Crippen LogP contribution is 2.47. The molecule has 0 fully saturated rings. The van der Waals surface area contributed by atoms with Crippen molar-refractivity contribution in [1.82, 2.24) is 14.5 Å². The van der Waals surface area contributed by atoms with E-state index >= 15 is 0 Å². The quantitative estimate of drug-likeness (QED) is 0.201. The van der Waals surface area contributed by atoms with Crippen LogP contribution in [0.25, 0.3) is 92.0 Å². The number of para-hydroxylation sites is 2. The van der Waals surface area contributed by atoms with E-state index in [0.29, 0.717) is 0 Å². The van der Waals surface area contributed by atoms with Gasteiger partial charge in [0.2, 0.25) is 0 Å². The van der Waals surface area contributed by atoms with Crippen molar-refractivity contribution < 1.29 is 0 Å². The summed E-state index contributed by atoms with van der Waals surface area (Å²) in [5, 5.41) is 8.88. The molecule has 0 spiro atoms. The predicted molar refractivity (Wildman–Crippen MR) is 195 cm³/mol. The fourth-order valence-corrected chi connectivity index (χ4v) is 8.43. The number of hydrogen-bond acceptors (Lipinski definition) is 3. The Balaban J connectivity index is 1.24. The van der Waals surface area contributed by atoms with Crippen LogP contribution in [0, 0.1) is 0 Å². The Bertz CT molecular complexity index is 2790. The normalized spacial score (nSPS) is 11.9. The lowest BCUT2D eigenvalue weighted by Gasteiger charge is -2.12. The highest BCUT2D eigenvalue weighted by atomic mass is 32.1. The minimum atomic E-state index is 0.726. The first kappa shape index (κ1) is 25.5. The number of fused-ring (bicyclic) bond motifs is 11. The molecular weight excluding hydrogens is 579 g/mol. The van der Waals surface area contributed by atoms with E-state index in [-0.39, 0.29) is 0 Å². The van der Waals surface area contributed by atoms with E-state index in [1.165, 1.54) is 52.8 Å². The molecule has 0 bridgehead atoms. The van der Waals surface area contributed by atoms with Crippen LogP contribution in [-0.2, 0) is 0 Å². The molecule has 3 nitrogen and oxygen atoms in total. The molecule has 214 valence electrons. The van der Waals surface area contributed by atoms with Gasteiger partial charge in [-0.1, -0.05) is 109 Å². The molecule has 4 heteroatoms. The molecule has 0 N–H and O–H groups in total. The number of rotatable bonds is 3. The van der Waals surface area contributed by atoms with Gasteiger partial charge in [-0.2, -0.15) is 0 Å². The molecular formula is C42H25N3S. The van der Waals surface area contributed by atoms with Gasteiger partial charge in [0.05, 0.1) is 26.9 Å². The van der Waals surface area contributed by atoms with Crippen LogP contribution in [0.1, 0.15) is 0 Å². The van der Waals surface area contributed by atoms with Gasteiger partial charge in [0.15, 0.2) is 5.82 Å². The summed E-state index contributed by atoms with van der Waals surface area (Å²) >= 11 is 1.89. The number of thiophene rings is 1. The van der Waals surface area contributed by atoms with Gasteiger partial charge < -0.3 is 4.57 Å². The first-order valence-electron chi connectivity index (χ1n) is 15.5. The predicted octanol–water partition coefficient (Wildman–Crippen LogP) is 11.6. The maximum absolute atomic E-state index is 5.12. The van der Waals surface area contributed by atoms with Gasteiger partial charge >= 0.3 is 0 Å². The fourth-order valence-electron chi connectivity index (χ4n) is 7.18. The van der Waals surface area contributed by atoms with Crippen molar-refractivity contribution in [2.75, 3.05) is 0 Å². The zero-order valence-corrected chi connectivity index (χ0v) is 25.5. The smallest absolute Gasteiger partial charge is 0.160 e. The molecule has 0 atom stereocenters. The van der Waals surface area contributed by atoms with Crippen molar-refractivity contribution in [3.63, 3.8) is 0 Å². The standard InChI is InChI=1S/C42H25N3S/c1-2-12-26(13-3-1)39-31-16-6-9-19-34(31)43-42(44-39)27-22-24-28(25-23-27)45-35-20-10-7-17-32(35)37-29-14-4-5-15-30(29)38-33-18-8-11-21-36(33)46-41(38)40(37)45/h1-25H. The molecule has 0 saturated carbocycles. The van der Waals surface area contributed by atoms with Gasteiger partial charge in [-0.3, -0.25) is 0 Å². The highest BCUT2D eigenvalue weighted by Gasteiger charge is 2.21. The Hall–Kier alpha value is -5.84. The third kappa shape index (κ3) is 3.65. The topological polar surface area (TPSA) is 30.7 Å². The summed E-state index contributed by atoms with van der Waals surface area (Å²) < 4.78 is 5.08. The largest absolute Gasteiger partial charge is 0.308 e. The van der Waals surface area contributed by atoms with E-state index in [1.807, 2.05) is 23.5 Å². The second-order valence-electron chi connectivity index (χ2n) is 11.7. The van der Waals surface area contributed by atoms with E-state index < -0.39 is 0 Å². The second kappa shape index (κ2) is 9.83. The minimum absolute atomic E-state index is 0.726. The van der Waals surface area contributed by atoms with Gasteiger partial charge in [0.25, 0.3) is 0 Å². The van der Waals surface area contributed by atoms with Crippen molar-refractivity contribution in [3.05, 3.63) is 152 Å². The second-order valence-corrected chi connectivity index (χ2v) is 12.8. The van der Waals surface area contributed by atoms with Crippen LogP contribution in [0.4, 0.5) is 0 Å². The number of aromatic nitrogens is 3. The summed E-state index contributed by atoms with van der Waals surface area (Å²) in [6.45, 7) is 0. The van der Waals surface area contributed by atoms with Crippen molar-refractivity contribution in [2.45, 2.75) is 0 Å². The Morgan fingerprint density at radius 1 is 0.457 bits per heavy atom. The van der Waals surface area contributed by atoms with E-state index in [0.717, 1.165) is 39.2 Å². The Morgan fingerprint density at radius 3 is 1.89 bits per heavy atom. The third-order valence-corrected chi connectivity index (χ3v) is 10.4. The van der Waals surface area contributed by atoms with Gasteiger partial charge in [-0.25, -0.2) is 9.97 Å². The molecule has 0 aliphatic rings. The molecule has 3 aromatic heterocycles. The Kier molecular flexibility index (Phi) is 5.45. The van der Waals surface area contributed by atoms with Crippen molar-refractivity contribution in [2.24, 2.45) is 0 Å². The van der Waals surface area contributed by atoms with Crippen LogP contribution in [0.15, 0.2) is 152 Å². The maximum atomic E-state index is 5.12. The zero-order chi connectivity index (χ0) is 30.2. The number of hydrogen-bond donors (Lipinski definition) is 0. The van der Waals surface area contributed by atoms with Crippen LogP contribution in [0.3, 0.4) is 0 Å². The summed E-state index contributed by atoms with van der Waals surface area (Å²) in [5.41, 5.74) is 7.55. The monoisotopic (exact) mass is 603 g/mol. The van der Waals surface area contributed by atoms with Gasteiger partial charge in [0, 0.05) is 48.4 Å². The summed E-state index contributed by atoms with van der Waals surface area (Å²) in [7, 11) is 0. The van der Waals surface area contributed by atoms with Crippen molar-refractivity contribution >= 4 is 75.0 Å². The molecule has 0 amide bonds. The SMILES string of the molecule is c1ccc(-c2nc(-c3ccc(-n4c5ccccc5c5c6ccccc6c6c7ccccc7sc6c54)cc3)nc3ccccc23)cc1. The zero-order valence-electron chi connectivity index (χ0n) is 24.7. The van der Waals surface area contributed by atoms with Crippen LogP contribution in [0.5, 0.6) is 0 Å².